The van der Waals surface area contributed by atoms with Gasteiger partial charge in [-0.2, -0.15) is 19.2 Å². The van der Waals surface area contributed by atoms with E-state index in [1.165, 1.54) is 28.6 Å². The van der Waals surface area contributed by atoms with Gasteiger partial charge in [0.05, 0.1) is 28.8 Å². The van der Waals surface area contributed by atoms with Crippen LogP contribution in [0.4, 0.5) is 5.82 Å². The van der Waals surface area contributed by atoms with Crippen LogP contribution in [0.25, 0.3) is 11.7 Å². The summed E-state index contributed by atoms with van der Waals surface area (Å²) < 4.78 is 29.3. The van der Waals surface area contributed by atoms with Crippen molar-refractivity contribution in [3.8, 4) is 11.9 Å². The molecule has 0 spiro atoms. The number of sulfonamides is 1. The summed E-state index contributed by atoms with van der Waals surface area (Å²) in [6.07, 6.45) is 5.17. The molecule has 3 aromatic heterocycles. The number of piperazine rings is 1. The van der Waals surface area contributed by atoms with E-state index in [2.05, 4.69) is 15.1 Å². The van der Waals surface area contributed by atoms with Crippen LogP contribution in [0.15, 0.2) is 51.2 Å². The van der Waals surface area contributed by atoms with E-state index < -0.39 is 15.7 Å². The Kier molecular flexibility index (Phi) is 5.73. The van der Waals surface area contributed by atoms with Crippen LogP contribution in [-0.2, 0) is 10.0 Å². The van der Waals surface area contributed by atoms with Crippen LogP contribution in [0.3, 0.4) is 0 Å². The number of nitriles is 1. The van der Waals surface area contributed by atoms with Gasteiger partial charge in [-0.1, -0.05) is 0 Å². The highest BCUT2D eigenvalue weighted by atomic mass is 32.2. The number of fused-ring (bicyclic) bond motifs is 1. The Bertz CT molecular complexity index is 1850. The zero-order chi connectivity index (χ0) is 26.4. The predicted octanol–water partition coefficient (Wildman–Crippen LogP) is -0.555. The second-order valence-electron chi connectivity index (χ2n) is 9.18. The molecule has 1 saturated heterocycles. The number of hydrogen-bond donors (Lipinski definition) is 3. The molecule has 0 atom stereocenters. The Balaban J connectivity index is 1.32. The fourth-order valence-corrected chi connectivity index (χ4v) is 5.78. The molecule has 0 bridgehead atoms. The van der Waals surface area contributed by atoms with Gasteiger partial charge >= 0.3 is 5.69 Å². The topological polar surface area (TPSA) is 176 Å². The molecule has 1 aliphatic heterocycles. The molecule has 0 radical (unpaired) electrons. The first kappa shape index (κ1) is 23.9. The quantitative estimate of drug-likeness (QED) is 0.306. The molecule has 2 aliphatic rings. The summed E-state index contributed by atoms with van der Waals surface area (Å²) in [6.45, 7) is 1.36. The number of aromatic nitrogens is 5. The maximum Gasteiger partial charge on any atom is 0.326 e. The summed E-state index contributed by atoms with van der Waals surface area (Å²) in [7, 11) is -3.69. The Labute approximate surface area is 216 Å². The summed E-state index contributed by atoms with van der Waals surface area (Å²) in [6, 6.07) is 9.97. The number of anilines is 1. The average molecular weight is 534 g/mol. The normalized spacial score (nSPS) is 17.8. The second-order valence-corrected chi connectivity index (χ2v) is 11.1. The van der Waals surface area contributed by atoms with E-state index in [-0.39, 0.29) is 35.6 Å². The van der Waals surface area contributed by atoms with Crippen LogP contribution in [0.2, 0.25) is 0 Å². The molecule has 3 N–H and O–H groups in total. The molecule has 14 heteroatoms. The largest absolute Gasteiger partial charge is 0.493 e. The molecule has 0 unspecified atom stereocenters. The number of H-pyrrole nitrogens is 2. The first-order valence-electron chi connectivity index (χ1n) is 12.0. The maximum atomic E-state index is 13.1. The number of hydrogen-bond acceptors (Lipinski definition) is 9. The molecule has 13 nitrogen and oxygen atoms in total. The lowest BCUT2D eigenvalue weighted by molar-refractivity contribution is 0.383. The summed E-state index contributed by atoms with van der Waals surface area (Å²) in [4.78, 5) is 28.1. The monoisotopic (exact) mass is 533 g/mol. The Hall–Kier alpha value is -4.48. The van der Waals surface area contributed by atoms with Gasteiger partial charge < -0.3 is 15.0 Å². The van der Waals surface area contributed by atoms with Crippen LogP contribution in [0.1, 0.15) is 24.1 Å². The van der Waals surface area contributed by atoms with Gasteiger partial charge in [0.2, 0.25) is 15.9 Å². The number of rotatable bonds is 5. The molecule has 194 valence electrons. The summed E-state index contributed by atoms with van der Waals surface area (Å²) in [5, 5.41) is 24.0. The molecule has 4 heterocycles. The van der Waals surface area contributed by atoms with Gasteiger partial charge in [0.15, 0.2) is 11.1 Å². The van der Waals surface area contributed by atoms with Crippen LogP contribution in [0.5, 0.6) is 5.88 Å². The van der Waals surface area contributed by atoms with Crippen molar-refractivity contribution >= 4 is 27.6 Å². The SMILES string of the molecule is N#Cc1ccc(S(=O)(=O)N2CCN(c3cc(=NC4CC4)n4ncc(=Cc5[nH]c(=O)[nH]c5O)c4n3)CC2)cc1. The molecule has 1 saturated carbocycles. The maximum absolute atomic E-state index is 13.1. The molecule has 1 aromatic carbocycles. The van der Waals surface area contributed by atoms with Crippen molar-refractivity contribution in [1.82, 2.24) is 28.9 Å². The minimum Gasteiger partial charge on any atom is -0.493 e. The van der Waals surface area contributed by atoms with Crippen LogP contribution >= 0.6 is 0 Å². The van der Waals surface area contributed by atoms with Crippen molar-refractivity contribution in [3.05, 3.63) is 69.0 Å². The van der Waals surface area contributed by atoms with E-state index in [9.17, 15) is 18.3 Å². The first-order chi connectivity index (χ1) is 18.3. The predicted molar refractivity (Wildman–Crippen MR) is 136 cm³/mol. The number of nitrogens with one attached hydrogen (secondary N) is 2. The molecule has 4 aromatic rings. The van der Waals surface area contributed by atoms with Gasteiger partial charge in [0, 0.05) is 37.5 Å². The Morgan fingerprint density at radius 1 is 1.13 bits per heavy atom. The third-order valence-corrected chi connectivity index (χ3v) is 8.46. The lowest BCUT2D eigenvalue weighted by Gasteiger charge is -2.34. The van der Waals surface area contributed by atoms with Crippen LogP contribution < -0.4 is 21.3 Å². The van der Waals surface area contributed by atoms with E-state index >= 15 is 0 Å². The molecule has 38 heavy (non-hydrogen) atoms. The smallest absolute Gasteiger partial charge is 0.326 e. The minimum atomic E-state index is -3.69. The van der Waals surface area contributed by atoms with Crippen molar-refractivity contribution in [2.24, 2.45) is 4.99 Å². The standard InChI is InChI=1S/C24H23N9O4S/c25-13-15-1-5-18(6-2-15)38(36,37)32-9-7-31(8-10-32)20-12-21(27-17-3-4-17)33-22(29-20)16(14-26-33)11-19-23(34)30-24(35)28-19/h1-2,5-6,11-12,14,17,34H,3-4,7-10H2,(H2,28,30,35). The molecule has 0 amide bonds. The highest BCUT2D eigenvalue weighted by molar-refractivity contribution is 7.89. The second kappa shape index (κ2) is 9.12. The fraction of sp³-hybridized carbons (Fsp3) is 0.292. The highest BCUT2D eigenvalue weighted by Gasteiger charge is 2.29. The van der Waals surface area contributed by atoms with Gasteiger partial charge in [-0.15, -0.1) is 0 Å². The lowest BCUT2D eigenvalue weighted by Crippen LogP contribution is -2.49. The molecular weight excluding hydrogens is 510 g/mol. The highest BCUT2D eigenvalue weighted by Crippen LogP contribution is 2.23. The number of nitrogens with zero attached hydrogens (tertiary/aromatic N) is 7. The van der Waals surface area contributed by atoms with E-state index in [1.807, 2.05) is 17.0 Å². The third-order valence-electron chi connectivity index (χ3n) is 6.55. The molecule has 6 rings (SSSR count). The average Bonchev–Trinajstić information content (AvgIpc) is 3.56. The fourth-order valence-electron chi connectivity index (χ4n) is 4.35. The summed E-state index contributed by atoms with van der Waals surface area (Å²) in [5.41, 5.74) is 1.20. The van der Waals surface area contributed by atoms with Crippen LogP contribution in [0, 0.1) is 11.3 Å². The summed E-state index contributed by atoms with van der Waals surface area (Å²) in [5.74, 6) is 0.349. The van der Waals surface area contributed by atoms with Crippen molar-refractivity contribution in [1.29, 1.82) is 5.26 Å². The third kappa shape index (κ3) is 4.42. The van der Waals surface area contributed by atoms with Gasteiger partial charge in [-0.25, -0.2) is 18.2 Å². The van der Waals surface area contributed by atoms with Crippen molar-refractivity contribution in [3.63, 3.8) is 0 Å². The minimum absolute atomic E-state index is 0.153. The van der Waals surface area contributed by atoms with E-state index in [0.29, 0.717) is 40.8 Å². The zero-order valence-corrected chi connectivity index (χ0v) is 20.9. The van der Waals surface area contributed by atoms with Crippen LogP contribution in [-0.4, -0.2) is 74.6 Å². The van der Waals surface area contributed by atoms with Crippen molar-refractivity contribution < 1.29 is 13.5 Å². The lowest BCUT2D eigenvalue weighted by atomic mass is 10.2. The number of aromatic amines is 2. The first-order valence-corrected chi connectivity index (χ1v) is 13.5. The number of aromatic hydroxyl groups is 1. The van der Waals surface area contributed by atoms with Gasteiger partial charge in [-0.3, -0.25) is 9.98 Å². The van der Waals surface area contributed by atoms with Gasteiger partial charge in [-0.05, 0) is 43.2 Å². The van der Waals surface area contributed by atoms with E-state index in [4.69, 9.17) is 15.2 Å². The van der Waals surface area contributed by atoms with Gasteiger partial charge in [0.25, 0.3) is 0 Å². The summed E-state index contributed by atoms with van der Waals surface area (Å²) >= 11 is 0. The Morgan fingerprint density at radius 3 is 2.50 bits per heavy atom. The number of benzene rings is 1. The van der Waals surface area contributed by atoms with Gasteiger partial charge in [0.1, 0.15) is 11.5 Å². The van der Waals surface area contributed by atoms with E-state index in [1.54, 1.807) is 16.8 Å². The van der Waals surface area contributed by atoms with E-state index in [0.717, 1.165) is 12.8 Å². The zero-order valence-electron chi connectivity index (χ0n) is 20.1. The van der Waals surface area contributed by atoms with Crippen molar-refractivity contribution in [2.45, 2.75) is 23.8 Å². The number of imidazole rings is 1. The Morgan fingerprint density at radius 2 is 1.87 bits per heavy atom. The van der Waals surface area contributed by atoms with Crippen molar-refractivity contribution in [2.75, 3.05) is 31.1 Å². The molecular formula is C24H23N9O4S. The molecule has 2 fully saturated rings. The molecule has 1 aliphatic carbocycles.